The number of carbonyl (C=O) groups is 1. The number of rotatable bonds is 6. The fraction of sp³-hybridized carbons (Fsp3) is 0.333. The number of halogens is 2. The third-order valence-corrected chi connectivity index (χ3v) is 7.52. The first kappa shape index (κ1) is 22.3. The van der Waals surface area contributed by atoms with E-state index in [4.69, 9.17) is 0 Å². The smallest absolute Gasteiger partial charge is 0.387 e. The van der Waals surface area contributed by atoms with Gasteiger partial charge in [0.1, 0.15) is 5.75 Å². The number of fused-ring (bicyclic) bond motifs is 1. The first-order valence-corrected chi connectivity index (χ1v) is 11.8. The SMILES string of the molecule is CCn1c(=O)n(-c2cccc(OC(F)F)c2)c2ccc(C(=O)NC3(C)CS(O)(O)C3)cc21. The molecule has 1 aliphatic heterocycles. The van der Waals surface area contributed by atoms with Crippen molar-refractivity contribution < 1.29 is 27.4 Å². The van der Waals surface area contributed by atoms with E-state index >= 15 is 0 Å². The van der Waals surface area contributed by atoms with Gasteiger partial charge in [-0.25, -0.2) is 4.79 Å². The first-order valence-electron chi connectivity index (χ1n) is 9.88. The maximum Gasteiger partial charge on any atom is 0.387 e. The number of aromatic nitrogens is 2. The second kappa shape index (κ2) is 7.91. The number of hydrogen-bond acceptors (Lipinski definition) is 5. The number of nitrogens with one attached hydrogen (secondary N) is 1. The second-order valence-electron chi connectivity index (χ2n) is 8.05. The summed E-state index contributed by atoms with van der Waals surface area (Å²) in [7, 11) is -2.63. The maximum absolute atomic E-state index is 13.1. The Labute approximate surface area is 183 Å². The van der Waals surface area contributed by atoms with Gasteiger partial charge in [-0.3, -0.25) is 23.0 Å². The molecule has 0 atom stereocenters. The van der Waals surface area contributed by atoms with Gasteiger partial charge in [-0.2, -0.15) is 19.4 Å². The molecule has 172 valence electrons. The van der Waals surface area contributed by atoms with Crippen LogP contribution < -0.4 is 15.7 Å². The molecule has 8 nitrogen and oxygen atoms in total. The Kier molecular flexibility index (Phi) is 5.51. The number of amides is 1. The quantitative estimate of drug-likeness (QED) is 0.513. The molecular formula is C21H23F2N3O5S. The van der Waals surface area contributed by atoms with Crippen LogP contribution in [-0.2, 0) is 6.54 Å². The number of imidazole rings is 1. The van der Waals surface area contributed by atoms with Gasteiger partial charge in [0, 0.05) is 18.2 Å². The van der Waals surface area contributed by atoms with E-state index < -0.39 is 22.7 Å². The van der Waals surface area contributed by atoms with Crippen LogP contribution in [0.1, 0.15) is 24.2 Å². The predicted octanol–water partition coefficient (Wildman–Crippen LogP) is 3.67. The van der Waals surface area contributed by atoms with Crippen LogP contribution in [0.15, 0.2) is 47.3 Å². The van der Waals surface area contributed by atoms with Gasteiger partial charge in [0.25, 0.3) is 5.91 Å². The Balaban J connectivity index is 1.72. The molecule has 32 heavy (non-hydrogen) atoms. The van der Waals surface area contributed by atoms with E-state index in [9.17, 15) is 27.5 Å². The molecule has 1 aliphatic rings. The number of alkyl halides is 2. The molecule has 2 aromatic carbocycles. The third kappa shape index (κ3) is 4.10. The molecule has 1 fully saturated rings. The average Bonchev–Trinajstić information content (AvgIpc) is 2.96. The topological polar surface area (TPSA) is 106 Å². The molecule has 3 aromatic rings. The van der Waals surface area contributed by atoms with Crippen LogP contribution in [0.4, 0.5) is 8.78 Å². The Morgan fingerprint density at radius 1 is 1.22 bits per heavy atom. The molecule has 0 spiro atoms. The highest BCUT2D eigenvalue weighted by molar-refractivity contribution is 8.25. The minimum Gasteiger partial charge on any atom is -0.435 e. The van der Waals surface area contributed by atoms with Crippen molar-refractivity contribution in [2.75, 3.05) is 11.5 Å². The van der Waals surface area contributed by atoms with Crippen molar-refractivity contribution in [1.82, 2.24) is 14.5 Å². The molecule has 0 unspecified atom stereocenters. The van der Waals surface area contributed by atoms with Crippen LogP contribution in [0.3, 0.4) is 0 Å². The molecule has 4 rings (SSSR count). The average molecular weight is 467 g/mol. The monoisotopic (exact) mass is 467 g/mol. The first-order chi connectivity index (χ1) is 15.0. The predicted molar refractivity (Wildman–Crippen MR) is 118 cm³/mol. The minimum absolute atomic E-state index is 0.0717. The number of ether oxygens (including phenoxy) is 1. The highest BCUT2D eigenvalue weighted by Gasteiger charge is 2.45. The molecule has 2 heterocycles. The van der Waals surface area contributed by atoms with Crippen LogP contribution in [0.2, 0.25) is 0 Å². The standard InChI is InChI=1S/C21H23F2N3O5S/c1-3-25-17-9-13(18(27)24-21(2)11-32(29,30)12-21)7-8-16(17)26(20(25)28)14-5-4-6-15(10-14)31-19(22)23/h4-10,19,29-30H,3,11-12H2,1-2H3,(H,24,27). The molecular weight excluding hydrogens is 444 g/mol. The van der Waals surface area contributed by atoms with Gasteiger partial charge in [-0.05, 0) is 44.2 Å². The second-order valence-corrected chi connectivity index (χ2v) is 10.2. The number of nitrogens with zero attached hydrogens (tertiary/aromatic N) is 2. The molecule has 1 saturated heterocycles. The summed E-state index contributed by atoms with van der Waals surface area (Å²) < 4.78 is 51.8. The van der Waals surface area contributed by atoms with Gasteiger partial charge in [-0.15, -0.1) is 0 Å². The maximum atomic E-state index is 13.1. The summed E-state index contributed by atoms with van der Waals surface area (Å²) in [5, 5.41) is 2.83. The molecule has 1 amide bonds. The Bertz CT molecular complexity index is 1250. The number of benzene rings is 2. The van der Waals surface area contributed by atoms with Gasteiger partial charge in [0.15, 0.2) is 0 Å². The van der Waals surface area contributed by atoms with Gasteiger partial charge in [-0.1, -0.05) is 6.07 Å². The lowest BCUT2D eigenvalue weighted by Gasteiger charge is -2.54. The molecule has 0 saturated carbocycles. The zero-order valence-electron chi connectivity index (χ0n) is 17.4. The number of aryl methyl sites for hydroxylation is 1. The van der Waals surface area contributed by atoms with Crippen LogP contribution >= 0.6 is 10.6 Å². The summed E-state index contributed by atoms with van der Waals surface area (Å²) in [5.41, 5.74) is 0.604. The lowest BCUT2D eigenvalue weighted by molar-refractivity contribution is -0.0498. The van der Waals surface area contributed by atoms with Gasteiger partial charge in [0.05, 0.1) is 33.8 Å². The Morgan fingerprint density at radius 3 is 2.56 bits per heavy atom. The van der Waals surface area contributed by atoms with Crippen molar-refractivity contribution in [3.8, 4) is 11.4 Å². The van der Waals surface area contributed by atoms with Crippen LogP contribution in [0.25, 0.3) is 16.7 Å². The van der Waals surface area contributed by atoms with Crippen molar-refractivity contribution in [2.24, 2.45) is 0 Å². The lowest BCUT2D eigenvalue weighted by Crippen LogP contribution is -2.61. The van der Waals surface area contributed by atoms with Crippen molar-refractivity contribution in [3.63, 3.8) is 0 Å². The Hall–Kier alpha value is -2.89. The lowest BCUT2D eigenvalue weighted by atomic mass is 10.1. The highest BCUT2D eigenvalue weighted by Crippen LogP contribution is 2.53. The van der Waals surface area contributed by atoms with Crippen molar-refractivity contribution in [3.05, 3.63) is 58.5 Å². The highest BCUT2D eigenvalue weighted by atomic mass is 32.3. The molecule has 0 aliphatic carbocycles. The van der Waals surface area contributed by atoms with Crippen molar-refractivity contribution >= 4 is 27.5 Å². The van der Waals surface area contributed by atoms with Crippen LogP contribution in [0.5, 0.6) is 5.75 Å². The molecule has 3 N–H and O–H groups in total. The van der Waals surface area contributed by atoms with Gasteiger partial charge >= 0.3 is 12.3 Å². The molecule has 0 bridgehead atoms. The van der Waals surface area contributed by atoms with E-state index in [1.807, 2.05) is 0 Å². The van der Waals surface area contributed by atoms with Crippen molar-refractivity contribution in [1.29, 1.82) is 0 Å². The zero-order chi connectivity index (χ0) is 23.3. The fourth-order valence-electron chi connectivity index (χ4n) is 4.15. The third-order valence-electron chi connectivity index (χ3n) is 5.32. The number of carbonyl (C=O) groups excluding carboxylic acids is 1. The van der Waals surface area contributed by atoms with E-state index in [1.165, 1.54) is 27.3 Å². The van der Waals surface area contributed by atoms with E-state index in [2.05, 4.69) is 10.1 Å². The largest absolute Gasteiger partial charge is 0.435 e. The normalized spacial score (nSPS) is 17.7. The van der Waals surface area contributed by atoms with Crippen LogP contribution in [0, 0.1) is 0 Å². The summed E-state index contributed by atoms with van der Waals surface area (Å²) >= 11 is 0. The van der Waals surface area contributed by atoms with E-state index in [-0.39, 0.29) is 28.9 Å². The van der Waals surface area contributed by atoms with Gasteiger partial charge < -0.3 is 10.1 Å². The van der Waals surface area contributed by atoms with Crippen molar-refractivity contribution in [2.45, 2.75) is 32.5 Å². The summed E-state index contributed by atoms with van der Waals surface area (Å²) in [6, 6.07) is 10.6. The van der Waals surface area contributed by atoms with Gasteiger partial charge in [0.2, 0.25) is 0 Å². The summed E-state index contributed by atoms with van der Waals surface area (Å²) in [5.74, 6) is -0.265. The summed E-state index contributed by atoms with van der Waals surface area (Å²) in [6.07, 6.45) is 0. The van der Waals surface area contributed by atoms with Crippen LogP contribution in [-0.4, -0.2) is 47.8 Å². The number of hydrogen-bond donors (Lipinski definition) is 3. The summed E-state index contributed by atoms with van der Waals surface area (Å²) in [6.45, 7) is 0.878. The molecule has 1 aromatic heterocycles. The van der Waals surface area contributed by atoms with E-state index in [0.29, 0.717) is 28.8 Å². The fourth-order valence-corrected chi connectivity index (χ4v) is 6.25. The van der Waals surface area contributed by atoms with E-state index in [0.717, 1.165) is 0 Å². The molecule has 11 heteroatoms. The summed E-state index contributed by atoms with van der Waals surface area (Å²) in [4.78, 5) is 25.8. The zero-order valence-corrected chi connectivity index (χ0v) is 18.2. The Morgan fingerprint density at radius 2 is 1.94 bits per heavy atom. The van der Waals surface area contributed by atoms with E-state index in [1.54, 1.807) is 38.1 Å². The molecule has 0 radical (unpaired) electrons. The minimum atomic E-state index is -2.99.